The standard InChI is InChI=1S/C8H12N2O3/c1-5(8(12)13)7(11)6-3-4-10(2)9-6/h3-5,7,11H,1-2H3,(H,12,13). The molecule has 0 aliphatic carbocycles. The number of rotatable bonds is 3. The lowest BCUT2D eigenvalue weighted by atomic mass is 10.0. The quantitative estimate of drug-likeness (QED) is 0.702. The van der Waals surface area contributed by atoms with Crippen LogP contribution in [0, 0.1) is 5.92 Å². The lowest BCUT2D eigenvalue weighted by Crippen LogP contribution is -2.19. The summed E-state index contributed by atoms with van der Waals surface area (Å²) in [6, 6.07) is 1.60. The molecule has 0 aliphatic rings. The van der Waals surface area contributed by atoms with Gasteiger partial charge in [-0.15, -0.1) is 0 Å². The molecule has 0 aliphatic heterocycles. The van der Waals surface area contributed by atoms with Crippen molar-refractivity contribution in [2.45, 2.75) is 13.0 Å². The molecule has 5 nitrogen and oxygen atoms in total. The Morgan fingerprint density at radius 1 is 1.69 bits per heavy atom. The van der Waals surface area contributed by atoms with E-state index in [-0.39, 0.29) is 0 Å². The zero-order valence-electron chi connectivity index (χ0n) is 7.51. The van der Waals surface area contributed by atoms with E-state index in [1.54, 1.807) is 19.3 Å². The van der Waals surface area contributed by atoms with E-state index in [1.165, 1.54) is 11.6 Å². The van der Waals surface area contributed by atoms with Crippen molar-refractivity contribution >= 4 is 5.97 Å². The average molecular weight is 184 g/mol. The maximum absolute atomic E-state index is 10.5. The number of hydrogen-bond acceptors (Lipinski definition) is 3. The normalized spacial score (nSPS) is 15.3. The van der Waals surface area contributed by atoms with Crippen LogP contribution in [-0.2, 0) is 11.8 Å². The topological polar surface area (TPSA) is 75.3 Å². The van der Waals surface area contributed by atoms with Gasteiger partial charge in [0.2, 0.25) is 0 Å². The van der Waals surface area contributed by atoms with Crippen LogP contribution in [0.15, 0.2) is 12.3 Å². The Morgan fingerprint density at radius 3 is 2.69 bits per heavy atom. The van der Waals surface area contributed by atoms with Crippen LogP contribution in [0.3, 0.4) is 0 Å². The molecule has 5 heteroatoms. The number of hydrogen-bond donors (Lipinski definition) is 2. The molecule has 2 N–H and O–H groups in total. The van der Waals surface area contributed by atoms with E-state index in [2.05, 4.69) is 5.10 Å². The molecule has 1 rings (SSSR count). The summed E-state index contributed by atoms with van der Waals surface area (Å²) < 4.78 is 1.52. The van der Waals surface area contributed by atoms with Crippen LogP contribution < -0.4 is 0 Å². The van der Waals surface area contributed by atoms with E-state index in [0.717, 1.165) is 0 Å². The first-order valence-electron chi connectivity index (χ1n) is 3.92. The molecule has 0 saturated carbocycles. The number of aryl methyl sites for hydroxylation is 1. The first-order chi connectivity index (χ1) is 6.02. The van der Waals surface area contributed by atoms with Crippen LogP contribution in [0.2, 0.25) is 0 Å². The maximum atomic E-state index is 10.5. The Labute approximate surface area is 75.6 Å². The number of carboxylic acid groups (broad SMARTS) is 1. The molecule has 0 radical (unpaired) electrons. The van der Waals surface area contributed by atoms with Gasteiger partial charge in [-0.05, 0) is 13.0 Å². The minimum Gasteiger partial charge on any atom is -0.481 e. The Hall–Kier alpha value is -1.36. The number of nitrogens with zero attached hydrogens (tertiary/aromatic N) is 2. The highest BCUT2D eigenvalue weighted by molar-refractivity contribution is 5.70. The summed E-state index contributed by atoms with van der Waals surface area (Å²) in [6.45, 7) is 1.45. The molecular formula is C8H12N2O3. The highest BCUT2D eigenvalue weighted by Gasteiger charge is 2.24. The van der Waals surface area contributed by atoms with Gasteiger partial charge in [-0.2, -0.15) is 5.10 Å². The van der Waals surface area contributed by atoms with Gasteiger partial charge in [-0.25, -0.2) is 0 Å². The number of aromatic nitrogens is 2. The maximum Gasteiger partial charge on any atom is 0.309 e. The zero-order valence-corrected chi connectivity index (χ0v) is 7.51. The fraction of sp³-hybridized carbons (Fsp3) is 0.500. The van der Waals surface area contributed by atoms with E-state index in [1.807, 2.05) is 0 Å². The fourth-order valence-corrected chi connectivity index (χ4v) is 0.982. The predicted octanol–water partition coefficient (Wildman–Crippen LogP) is 0.174. The van der Waals surface area contributed by atoms with Gasteiger partial charge in [0.15, 0.2) is 0 Å². The van der Waals surface area contributed by atoms with Crippen molar-refractivity contribution in [1.29, 1.82) is 0 Å². The summed E-state index contributed by atoms with van der Waals surface area (Å²) in [5.74, 6) is -1.87. The van der Waals surface area contributed by atoms with E-state index in [0.29, 0.717) is 5.69 Å². The lowest BCUT2D eigenvalue weighted by molar-refractivity contribution is -0.145. The SMILES string of the molecule is CC(C(=O)O)C(O)c1ccn(C)n1. The van der Waals surface area contributed by atoms with Gasteiger partial charge in [0.25, 0.3) is 0 Å². The van der Waals surface area contributed by atoms with Gasteiger partial charge in [0.1, 0.15) is 6.10 Å². The molecule has 0 bridgehead atoms. The van der Waals surface area contributed by atoms with Crippen LogP contribution in [0.4, 0.5) is 0 Å². The fourth-order valence-electron chi connectivity index (χ4n) is 0.982. The van der Waals surface area contributed by atoms with Gasteiger partial charge in [-0.3, -0.25) is 9.48 Å². The van der Waals surface area contributed by atoms with Gasteiger partial charge >= 0.3 is 5.97 Å². The molecule has 1 aromatic heterocycles. The number of aliphatic hydroxyl groups is 1. The minimum atomic E-state index is -1.04. The van der Waals surface area contributed by atoms with Crippen molar-refractivity contribution in [2.75, 3.05) is 0 Å². The molecule has 13 heavy (non-hydrogen) atoms. The predicted molar refractivity (Wildman–Crippen MR) is 45.0 cm³/mol. The summed E-state index contributed by atoms with van der Waals surface area (Å²) in [5, 5.41) is 22.1. The summed E-state index contributed by atoms with van der Waals surface area (Å²) in [4.78, 5) is 10.5. The monoisotopic (exact) mass is 184 g/mol. The molecule has 0 saturated heterocycles. The number of aliphatic hydroxyl groups excluding tert-OH is 1. The second-order valence-electron chi connectivity index (χ2n) is 2.99. The molecular weight excluding hydrogens is 172 g/mol. The van der Waals surface area contributed by atoms with Crippen molar-refractivity contribution in [2.24, 2.45) is 13.0 Å². The van der Waals surface area contributed by atoms with Crippen molar-refractivity contribution < 1.29 is 15.0 Å². The van der Waals surface area contributed by atoms with Crippen LogP contribution >= 0.6 is 0 Å². The van der Waals surface area contributed by atoms with Crippen molar-refractivity contribution in [3.05, 3.63) is 18.0 Å². The van der Waals surface area contributed by atoms with Gasteiger partial charge in [-0.1, -0.05) is 0 Å². The van der Waals surface area contributed by atoms with Crippen LogP contribution in [0.25, 0.3) is 0 Å². The molecule has 1 heterocycles. The first kappa shape index (κ1) is 9.73. The molecule has 2 atom stereocenters. The Balaban J connectivity index is 2.78. The van der Waals surface area contributed by atoms with E-state index in [4.69, 9.17) is 5.11 Å². The molecule has 1 aromatic rings. The summed E-state index contributed by atoms with van der Waals surface area (Å²) in [6.07, 6.45) is 0.617. The molecule has 0 aromatic carbocycles. The average Bonchev–Trinajstić information content (AvgIpc) is 2.49. The second kappa shape index (κ2) is 3.57. The third kappa shape index (κ3) is 2.06. The van der Waals surface area contributed by atoms with Gasteiger partial charge < -0.3 is 10.2 Å². The van der Waals surface area contributed by atoms with Crippen LogP contribution in [0.5, 0.6) is 0 Å². The van der Waals surface area contributed by atoms with Crippen molar-refractivity contribution in [3.8, 4) is 0 Å². The highest BCUT2D eigenvalue weighted by atomic mass is 16.4. The van der Waals surface area contributed by atoms with Gasteiger partial charge in [0, 0.05) is 13.2 Å². The molecule has 0 fully saturated rings. The third-order valence-corrected chi connectivity index (χ3v) is 1.90. The first-order valence-corrected chi connectivity index (χ1v) is 3.92. The summed E-state index contributed by atoms with van der Waals surface area (Å²) in [5.41, 5.74) is 0.386. The third-order valence-electron chi connectivity index (χ3n) is 1.90. The minimum absolute atomic E-state index is 0.386. The molecule has 2 unspecified atom stereocenters. The largest absolute Gasteiger partial charge is 0.481 e. The van der Waals surface area contributed by atoms with Crippen molar-refractivity contribution in [1.82, 2.24) is 9.78 Å². The van der Waals surface area contributed by atoms with Crippen LogP contribution in [0.1, 0.15) is 18.7 Å². The Bertz CT molecular complexity index is 308. The lowest BCUT2D eigenvalue weighted by Gasteiger charge is -2.11. The molecule has 0 spiro atoms. The number of carboxylic acids is 1. The highest BCUT2D eigenvalue weighted by Crippen LogP contribution is 2.19. The Kier molecular flexibility index (Phi) is 2.67. The van der Waals surface area contributed by atoms with E-state index >= 15 is 0 Å². The number of carbonyl (C=O) groups is 1. The van der Waals surface area contributed by atoms with Gasteiger partial charge in [0.05, 0.1) is 11.6 Å². The summed E-state index contributed by atoms with van der Waals surface area (Å²) >= 11 is 0. The van der Waals surface area contributed by atoms with E-state index < -0.39 is 18.0 Å². The zero-order chi connectivity index (χ0) is 10.0. The van der Waals surface area contributed by atoms with Crippen LogP contribution in [-0.4, -0.2) is 26.0 Å². The molecule has 0 amide bonds. The second-order valence-corrected chi connectivity index (χ2v) is 2.99. The smallest absolute Gasteiger partial charge is 0.309 e. The molecule has 72 valence electrons. The number of aliphatic carboxylic acids is 1. The van der Waals surface area contributed by atoms with E-state index in [9.17, 15) is 9.90 Å². The summed E-state index contributed by atoms with van der Waals surface area (Å²) in [7, 11) is 1.71. The van der Waals surface area contributed by atoms with Crippen molar-refractivity contribution in [3.63, 3.8) is 0 Å². The Morgan fingerprint density at radius 2 is 2.31 bits per heavy atom.